The number of carbonyl (C=O) groups is 1. The number of aryl methyl sites for hydroxylation is 1. The van der Waals surface area contributed by atoms with Gasteiger partial charge in [-0.1, -0.05) is 0 Å². The van der Waals surface area contributed by atoms with E-state index in [1.165, 1.54) is 12.8 Å². The van der Waals surface area contributed by atoms with Crippen LogP contribution in [-0.4, -0.2) is 25.5 Å². The van der Waals surface area contributed by atoms with Crippen molar-refractivity contribution in [2.24, 2.45) is 7.05 Å². The molecule has 21 heavy (non-hydrogen) atoms. The lowest BCUT2D eigenvalue weighted by atomic mass is 10.1. The zero-order valence-corrected chi connectivity index (χ0v) is 12.9. The number of hydrogen-bond acceptors (Lipinski definition) is 3. The largest absolute Gasteiger partial charge is 0.304 e. The van der Waals surface area contributed by atoms with E-state index in [-0.39, 0.29) is 11.4 Å². The standard InChI is InChI=1S/C15H21N5O/c1-15(2,3)20-12(10-5-6-10)9-11(17-20)14(21)16-13-7-8-19(4)18-13/h7-10H,5-6H2,1-4H3,(H,16,18,21). The van der Waals surface area contributed by atoms with Gasteiger partial charge in [0.2, 0.25) is 0 Å². The van der Waals surface area contributed by atoms with Gasteiger partial charge in [-0.25, -0.2) is 0 Å². The highest BCUT2D eigenvalue weighted by Crippen LogP contribution is 2.41. The Kier molecular flexibility index (Phi) is 3.11. The number of amides is 1. The molecule has 0 saturated heterocycles. The van der Waals surface area contributed by atoms with E-state index < -0.39 is 0 Å². The second-order valence-corrected chi connectivity index (χ2v) is 6.64. The van der Waals surface area contributed by atoms with Crippen LogP contribution in [0, 0.1) is 0 Å². The molecular formula is C15H21N5O. The van der Waals surface area contributed by atoms with E-state index in [1.807, 2.05) is 17.8 Å². The minimum Gasteiger partial charge on any atom is -0.304 e. The Morgan fingerprint density at radius 1 is 1.33 bits per heavy atom. The first-order chi connectivity index (χ1) is 9.84. The van der Waals surface area contributed by atoms with Crippen molar-refractivity contribution in [1.82, 2.24) is 19.6 Å². The summed E-state index contributed by atoms with van der Waals surface area (Å²) in [5.41, 5.74) is 1.49. The van der Waals surface area contributed by atoms with E-state index in [2.05, 4.69) is 36.3 Å². The van der Waals surface area contributed by atoms with Gasteiger partial charge in [0.1, 0.15) is 0 Å². The van der Waals surface area contributed by atoms with E-state index in [9.17, 15) is 4.79 Å². The third-order valence-electron chi connectivity index (χ3n) is 3.56. The van der Waals surface area contributed by atoms with Crippen molar-refractivity contribution in [3.05, 3.63) is 29.7 Å². The second-order valence-electron chi connectivity index (χ2n) is 6.64. The predicted molar refractivity (Wildman–Crippen MR) is 80.4 cm³/mol. The Morgan fingerprint density at radius 3 is 2.57 bits per heavy atom. The van der Waals surface area contributed by atoms with E-state index in [1.54, 1.807) is 16.9 Å². The third kappa shape index (κ3) is 2.84. The summed E-state index contributed by atoms with van der Waals surface area (Å²) in [5, 5.41) is 11.5. The number of anilines is 1. The van der Waals surface area contributed by atoms with E-state index in [0.29, 0.717) is 17.4 Å². The summed E-state index contributed by atoms with van der Waals surface area (Å²) >= 11 is 0. The molecule has 0 unspecified atom stereocenters. The maximum absolute atomic E-state index is 12.3. The van der Waals surface area contributed by atoms with Gasteiger partial charge in [-0.15, -0.1) is 0 Å². The van der Waals surface area contributed by atoms with Crippen LogP contribution in [0.2, 0.25) is 0 Å². The van der Waals surface area contributed by atoms with Crippen LogP contribution in [0.15, 0.2) is 18.3 Å². The first-order valence-corrected chi connectivity index (χ1v) is 7.26. The third-order valence-corrected chi connectivity index (χ3v) is 3.56. The molecule has 1 fully saturated rings. The summed E-state index contributed by atoms with van der Waals surface area (Å²) in [5.74, 6) is 0.882. The van der Waals surface area contributed by atoms with Gasteiger partial charge in [-0.2, -0.15) is 10.2 Å². The Morgan fingerprint density at radius 2 is 2.05 bits per heavy atom. The highest BCUT2D eigenvalue weighted by Gasteiger charge is 2.32. The zero-order valence-electron chi connectivity index (χ0n) is 12.9. The molecule has 0 aliphatic heterocycles. The van der Waals surface area contributed by atoms with E-state index in [0.717, 1.165) is 5.69 Å². The lowest BCUT2D eigenvalue weighted by Crippen LogP contribution is -2.25. The van der Waals surface area contributed by atoms with Crippen molar-refractivity contribution in [2.75, 3.05) is 5.32 Å². The van der Waals surface area contributed by atoms with Gasteiger partial charge in [-0.05, 0) is 39.7 Å². The molecule has 0 aromatic carbocycles. The molecule has 1 amide bonds. The van der Waals surface area contributed by atoms with Gasteiger partial charge in [0, 0.05) is 30.9 Å². The normalized spacial score (nSPS) is 15.2. The molecule has 1 aliphatic carbocycles. The first kappa shape index (κ1) is 13.9. The zero-order chi connectivity index (χ0) is 15.2. The molecule has 3 rings (SSSR count). The fourth-order valence-corrected chi connectivity index (χ4v) is 2.38. The number of nitrogens with one attached hydrogen (secondary N) is 1. The maximum atomic E-state index is 12.3. The highest BCUT2D eigenvalue weighted by molar-refractivity contribution is 6.02. The molecule has 0 bridgehead atoms. The molecule has 1 saturated carbocycles. The van der Waals surface area contributed by atoms with Gasteiger partial charge >= 0.3 is 0 Å². The SMILES string of the molecule is Cn1ccc(NC(=O)c2cc(C3CC3)n(C(C)(C)C)n2)n1. The number of hydrogen-bond donors (Lipinski definition) is 1. The van der Waals surface area contributed by atoms with Crippen molar-refractivity contribution in [1.29, 1.82) is 0 Å². The maximum Gasteiger partial charge on any atom is 0.277 e. The van der Waals surface area contributed by atoms with Gasteiger partial charge in [0.25, 0.3) is 5.91 Å². The molecule has 1 N–H and O–H groups in total. The summed E-state index contributed by atoms with van der Waals surface area (Å²) in [6.07, 6.45) is 4.16. The van der Waals surface area contributed by atoms with Crippen LogP contribution in [0.1, 0.15) is 55.7 Å². The lowest BCUT2D eigenvalue weighted by Gasteiger charge is -2.22. The monoisotopic (exact) mass is 287 g/mol. The van der Waals surface area contributed by atoms with Crippen molar-refractivity contribution in [3.63, 3.8) is 0 Å². The number of carbonyl (C=O) groups excluding carboxylic acids is 1. The Labute approximate surface area is 124 Å². The van der Waals surface area contributed by atoms with Gasteiger partial charge < -0.3 is 5.32 Å². The fourth-order valence-electron chi connectivity index (χ4n) is 2.38. The van der Waals surface area contributed by atoms with Crippen molar-refractivity contribution in [2.45, 2.75) is 45.1 Å². The number of rotatable bonds is 3. The predicted octanol–water partition coefficient (Wildman–Crippen LogP) is 2.50. The quantitative estimate of drug-likeness (QED) is 0.943. The van der Waals surface area contributed by atoms with E-state index >= 15 is 0 Å². The Hall–Kier alpha value is -2.11. The molecule has 6 nitrogen and oxygen atoms in total. The van der Waals surface area contributed by atoms with Crippen LogP contribution in [0.3, 0.4) is 0 Å². The van der Waals surface area contributed by atoms with Crippen molar-refractivity contribution < 1.29 is 4.79 Å². The van der Waals surface area contributed by atoms with Gasteiger partial charge in [-0.3, -0.25) is 14.2 Å². The summed E-state index contributed by atoms with van der Waals surface area (Å²) in [6.45, 7) is 6.31. The molecule has 0 radical (unpaired) electrons. The molecular weight excluding hydrogens is 266 g/mol. The van der Waals surface area contributed by atoms with Crippen LogP contribution in [0.25, 0.3) is 0 Å². The topological polar surface area (TPSA) is 64.7 Å². The first-order valence-electron chi connectivity index (χ1n) is 7.26. The molecule has 2 heterocycles. The van der Waals surface area contributed by atoms with Crippen LogP contribution in [-0.2, 0) is 12.6 Å². The molecule has 0 atom stereocenters. The van der Waals surface area contributed by atoms with Crippen molar-refractivity contribution >= 4 is 11.7 Å². The lowest BCUT2D eigenvalue weighted by molar-refractivity contribution is 0.102. The number of nitrogens with zero attached hydrogens (tertiary/aromatic N) is 4. The van der Waals surface area contributed by atoms with E-state index in [4.69, 9.17) is 0 Å². The average Bonchev–Trinajstić information content (AvgIpc) is 2.98. The van der Waals surface area contributed by atoms with Crippen LogP contribution < -0.4 is 5.32 Å². The molecule has 0 spiro atoms. The summed E-state index contributed by atoms with van der Waals surface area (Å²) < 4.78 is 3.64. The van der Waals surface area contributed by atoms with Crippen molar-refractivity contribution in [3.8, 4) is 0 Å². The minimum atomic E-state index is -0.210. The minimum absolute atomic E-state index is 0.124. The highest BCUT2D eigenvalue weighted by atomic mass is 16.2. The number of aromatic nitrogens is 4. The van der Waals surface area contributed by atoms with Gasteiger partial charge in [0.05, 0.1) is 5.54 Å². The second kappa shape index (κ2) is 4.72. The van der Waals surface area contributed by atoms with Crippen LogP contribution >= 0.6 is 0 Å². The fraction of sp³-hybridized carbons (Fsp3) is 0.533. The summed E-state index contributed by atoms with van der Waals surface area (Å²) in [4.78, 5) is 12.3. The molecule has 112 valence electrons. The molecule has 6 heteroatoms. The van der Waals surface area contributed by atoms with Gasteiger partial charge in [0.15, 0.2) is 11.5 Å². The Balaban J connectivity index is 1.86. The molecule has 2 aromatic rings. The Bertz CT molecular complexity index is 673. The molecule has 2 aromatic heterocycles. The van der Waals surface area contributed by atoms with Crippen LogP contribution in [0.5, 0.6) is 0 Å². The molecule has 1 aliphatic rings. The van der Waals surface area contributed by atoms with Crippen LogP contribution in [0.4, 0.5) is 5.82 Å². The smallest absolute Gasteiger partial charge is 0.277 e. The summed E-state index contributed by atoms with van der Waals surface area (Å²) in [6, 6.07) is 3.68. The summed E-state index contributed by atoms with van der Waals surface area (Å²) in [7, 11) is 1.81. The average molecular weight is 287 g/mol.